The minimum Gasteiger partial charge on any atom is -0.435 e. The molecule has 1 heterocycles. The van der Waals surface area contributed by atoms with Crippen molar-refractivity contribution in [2.45, 2.75) is 31.9 Å². The molecule has 0 saturated carbocycles. The number of halogens is 2. The zero-order valence-corrected chi connectivity index (χ0v) is 12.9. The van der Waals surface area contributed by atoms with Crippen molar-refractivity contribution in [2.75, 3.05) is 5.32 Å². The molecule has 122 valence electrons. The minimum absolute atomic E-state index is 0.0583. The van der Waals surface area contributed by atoms with Crippen LogP contribution in [-0.4, -0.2) is 23.5 Å². The van der Waals surface area contributed by atoms with Gasteiger partial charge in [0.25, 0.3) is 5.91 Å². The maximum Gasteiger partial charge on any atom is 0.387 e. The van der Waals surface area contributed by atoms with E-state index in [4.69, 9.17) is 5.73 Å². The van der Waals surface area contributed by atoms with Crippen LogP contribution in [0.3, 0.4) is 0 Å². The van der Waals surface area contributed by atoms with Gasteiger partial charge in [0.1, 0.15) is 5.75 Å². The molecule has 0 fully saturated rings. The molecule has 0 unspecified atom stereocenters. The summed E-state index contributed by atoms with van der Waals surface area (Å²) in [7, 11) is 0. The van der Waals surface area contributed by atoms with Crippen LogP contribution >= 0.6 is 11.3 Å². The van der Waals surface area contributed by atoms with Gasteiger partial charge in [0.05, 0.1) is 5.69 Å². The Kier molecular flexibility index (Phi) is 4.53. The van der Waals surface area contributed by atoms with Crippen molar-refractivity contribution in [2.24, 2.45) is 5.73 Å². The molecule has 1 amide bonds. The van der Waals surface area contributed by atoms with Gasteiger partial charge in [0.15, 0.2) is 5.13 Å². The number of amides is 1. The summed E-state index contributed by atoms with van der Waals surface area (Å²) in [5, 5.41) is 3.19. The Morgan fingerprint density at radius 3 is 3.09 bits per heavy atom. The van der Waals surface area contributed by atoms with Gasteiger partial charge < -0.3 is 10.5 Å². The highest BCUT2D eigenvalue weighted by molar-refractivity contribution is 7.15. The van der Waals surface area contributed by atoms with Crippen LogP contribution in [0.4, 0.5) is 13.9 Å². The Balaban J connectivity index is 1.72. The fourth-order valence-corrected chi connectivity index (χ4v) is 3.53. The summed E-state index contributed by atoms with van der Waals surface area (Å²) in [6, 6.07) is 5.78. The van der Waals surface area contributed by atoms with Gasteiger partial charge in [-0.05, 0) is 37.5 Å². The smallest absolute Gasteiger partial charge is 0.387 e. The van der Waals surface area contributed by atoms with Gasteiger partial charge in [-0.15, -0.1) is 11.3 Å². The monoisotopic (exact) mass is 339 g/mol. The number of rotatable bonds is 4. The van der Waals surface area contributed by atoms with Crippen LogP contribution in [0.2, 0.25) is 0 Å². The average molecular weight is 339 g/mol. The Hall–Kier alpha value is -2.06. The van der Waals surface area contributed by atoms with Crippen LogP contribution in [0.1, 0.15) is 27.3 Å². The first kappa shape index (κ1) is 15.8. The van der Waals surface area contributed by atoms with Crippen molar-refractivity contribution < 1.29 is 18.3 Å². The van der Waals surface area contributed by atoms with Crippen molar-refractivity contribution in [1.29, 1.82) is 0 Å². The number of ether oxygens (including phenoxy) is 1. The molecular weight excluding hydrogens is 324 g/mol. The molecule has 0 saturated heterocycles. The first-order chi connectivity index (χ1) is 11.0. The first-order valence-electron chi connectivity index (χ1n) is 7.11. The number of aryl methyl sites for hydroxylation is 1. The maximum atomic E-state index is 12.2. The van der Waals surface area contributed by atoms with E-state index in [0.29, 0.717) is 5.13 Å². The van der Waals surface area contributed by atoms with Gasteiger partial charge in [-0.2, -0.15) is 8.78 Å². The number of anilines is 1. The van der Waals surface area contributed by atoms with Gasteiger partial charge in [-0.3, -0.25) is 10.1 Å². The lowest BCUT2D eigenvalue weighted by molar-refractivity contribution is -0.0498. The van der Waals surface area contributed by atoms with Crippen molar-refractivity contribution in [1.82, 2.24) is 4.98 Å². The van der Waals surface area contributed by atoms with Crippen molar-refractivity contribution in [3.8, 4) is 5.75 Å². The van der Waals surface area contributed by atoms with E-state index in [1.54, 1.807) is 0 Å². The standard InChI is InChI=1S/C15H15F2N3O2S/c16-14(17)22-10-3-1-2-8(6-10)13(21)20-15-19-11-5-4-9(18)7-12(11)23-15/h1-3,6,9,14H,4-5,7,18H2,(H,19,20,21)/t9-/m0/s1. The minimum atomic E-state index is -2.93. The second kappa shape index (κ2) is 6.59. The number of benzene rings is 1. The third kappa shape index (κ3) is 3.83. The molecule has 1 atom stereocenters. The number of carbonyl (C=O) groups is 1. The molecule has 0 radical (unpaired) electrons. The summed E-state index contributed by atoms with van der Waals surface area (Å²) in [6.45, 7) is -2.93. The number of nitrogens with zero attached hydrogens (tertiary/aromatic N) is 1. The quantitative estimate of drug-likeness (QED) is 0.898. The Morgan fingerprint density at radius 1 is 1.48 bits per heavy atom. The van der Waals surface area contributed by atoms with E-state index in [-0.39, 0.29) is 17.4 Å². The van der Waals surface area contributed by atoms with E-state index >= 15 is 0 Å². The van der Waals surface area contributed by atoms with Crippen LogP contribution in [0.15, 0.2) is 24.3 Å². The van der Waals surface area contributed by atoms with E-state index in [9.17, 15) is 13.6 Å². The van der Waals surface area contributed by atoms with Gasteiger partial charge in [0.2, 0.25) is 0 Å². The van der Waals surface area contributed by atoms with E-state index in [1.807, 2.05) is 0 Å². The molecule has 0 bridgehead atoms. The van der Waals surface area contributed by atoms with Gasteiger partial charge in [-0.1, -0.05) is 6.07 Å². The van der Waals surface area contributed by atoms with Gasteiger partial charge in [0, 0.05) is 16.5 Å². The predicted molar refractivity (Wildman–Crippen MR) is 83.1 cm³/mol. The molecule has 1 aliphatic rings. The zero-order chi connectivity index (χ0) is 16.4. The summed E-state index contributed by atoms with van der Waals surface area (Å²) in [6.07, 6.45) is 2.46. The van der Waals surface area contributed by atoms with E-state index in [1.165, 1.54) is 35.6 Å². The molecular formula is C15H15F2N3O2S. The van der Waals surface area contributed by atoms with Crippen molar-refractivity contribution in [3.05, 3.63) is 40.4 Å². The number of hydrogen-bond acceptors (Lipinski definition) is 5. The highest BCUT2D eigenvalue weighted by atomic mass is 32.1. The molecule has 0 aliphatic heterocycles. The number of thiazole rings is 1. The van der Waals surface area contributed by atoms with E-state index < -0.39 is 12.5 Å². The highest BCUT2D eigenvalue weighted by Crippen LogP contribution is 2.29. The predicted octanol–water partition coefficient (Wildman–Crippen LogP) is 2.81. The number of hydrogen-bond donors (Lipinski definition) is 2. The fourth-order valence-electron chi connectivity index (χ4n) is 2.44. The maximum absolute atomic E-state index is 12.2. The summed E-state index contributed by atoms with van der Waals surface area (Å²) in [5.41, 5.74) is 7.13. The third-order valence-corrected chi connectivity index (χ3v) is 4.56. The fraction of sp³-hybridized carbons (Fsp3) is 0.333. The number of alkyl halides is 2. The summed E-state index contributed by atoms with van der Waals surface area (Å²) in [4.78, 5) is 17.7. The molecule has 8 heteroatoms. The highest BCUT2D eigenvalue weighted by Gasteiger charge is 2.21. The van der Waals surface area contributed by atoms with Gasteiger partial charge in [-0.25, -0.2) is 4.98 Å². The number of nitrogens with one attached hydrogen (secondary N) is 1. The molecule has 5 nitrogen and oxygen atoms in total. The first-order valence-corrected chi connectivity index (χ1v) is 7.93. The topological polar surface area (TPSA) is 77.2 Å². The molecule has 2 aromatic rings. The van der Waals surface area contributed by atoms with Crippen LogP contribution in [-0.2, 0) is 12.8 Å². The summed E-state index contributed by atoms with van der Waals surface area (Å²) < 4.78 is 28.7. The van der Waals surface area contributed by atoms with Crippen LogP contribution in [0.5, 0.6) is 5.75 Å². The van der Waals surface area contributed by atoms with Crippen molar-refractivity contribution >= 4 is 22.4 Å². The molecule has 1 aliphatic carbocycles. The van der Waals surface area contributed by atoms with Gasteiger partial charge >= 0.3 is 6.61 Å². The molecule has 1 aromatic heterocycles. The molecule has 0 spiro atoms. The summed E-state index contributed by atoms with van der Waals surface area (Å²) >= 11 is 1.40. The number of carbonyl (C=O) groups excluding carboxylic acids is 1. The normalized spacial score (nSPS) is 17.0. The van der Waals surface area contributed by atoms with Crippen molar-refractivity contribution in [3.63, 3.8) is 0 Å². The Labute approximate surface area is 135 Å². The van der Waals surface area contributed by atoms with Crippen LogP contribution < -0.4 is 15.8 Å². The second-order valence-corrected chi connectivity index (χ2v) is 6.34. The number of aromatic nitrogens is 1. The lowest BCUT2D eigenvalue weighted by atomic mass is 9.99. The Bertz CT molecular complexity index is 720. The number of fused-ring (bicyclic) bond motifs is 1. The Morgan fingerprint density at radius 2 is 2.30 bits per heavy atom. The van der Waals surface area contributed by atoms with E-state index in [2.05, 4.69) is 15.0 Å². The zero-order valence-electron chi connectivity index (χ0n) is 12.1. The number of nitrogens with two attached hydrogens (primary N) is 1. The third-order valence-electron chi connectivity index (χ3n) is 3.52. The molecule has 23 heavy (non-hydrogen) atoms. The van der Waals surface area contributed by atoms with E-state index in [0.717, 1.165) is 29.8 Å². The second-order valence-electron chi connectivity index (χ2n) is 5.25. The lowest BCUT2D eigenvalue weighted by Gasteiger charge is -2.15. The summed E-state index contributed by atoms with van der Waals surface area (Å²) in [5.74, 6) is -0.475. The largest absolute Gasteiger partial charge is 0.435 e. The lowest BCUT2D eigenvalue weighted by Crippen LogP contribution is -2.27. The molecule has 1 aromatic carbocycles. The molecule has 3 N–H and O–H groups in total. The van der Waals surface area contributed by atoms with Crippen LogP contribution in [0, 0.1) is 0 Å². The van der Waals surface area contributed by atoms with Crippen LogP contribution in [0.25, 0.3) is 0 Å². The molecule has 3 rings (SSSR count). The average Bonchev–Trinajstić information content (AvgIpc) is 2.88. The SMILES string of the molecule is N[C@H]1CCc2nc(NC(=O)c3cccc(OC(F)F)c3)sc2C1.